The number of aliphatic carboxylic acids is 2. The molecular formula is C13H18N4O9. The van der Waals surface area contributed by atoms with E-state index in [1.54, 1.807) is 0 Å². The summed E-state index contributed by atoms with van der Waals surface area (Å²) in [5.41, 5.74) is 5.36. The number of carbonyl (C=O) groups is 3. The number of nitrogens with two attached hydrogens (primary N) is 1. The van der Waals surface area contributed by atoms with E-state index in [1.165, 1.54) is 0 Å². The van der Waals surface area contributed by atoms with Crippen molar-refractivity contribution in [3.8, 4) is 0 Å². The van der Waals surface area contributed by atoms with Crippen LogP contribution in [0.2, 0.25) is 0 Å². The fourth-order valence-corrected chi connectivity index (χ4v) is 2.46. The average Bonchev–Trinajstić information content (AvgIpc) is 3.07. The highest BCUT2D eigenvalue weighted by Crippen LogP contribution is 2.31. The zero-order valence-corrected chi connectivity index (χ0v) is 13.2. The summed E-state index contributed by atoms with van der Waals surface area (Å²) >= 11 is 0. The molecule has 13 nitrogen and oxygen atoms in total. The molecule has 26 heavy (non-hydrogen) atoms. The van der Waals surface area contributed by atoms with E-state index in [1.807, 2.05) is 5.32 Å². The first kappa shape index (κ1) is 19.6. The van der Waals surface area contributed by atoms with Crippen LogP contribution in [0.3, 0.4) is 0 Å². The molecule has 8 N–H and O–H groups in total. The highest BCUT2D eigenvalue weighted by atomic mass is 16.6. The zero-order valence-electron chi connectivity index (χ0n) is 13.2. The van der Waals surface area contributed by atoms with E-state index < -0.39 is 67.1 Å². The fourth-order valence-electron chi connectivity index (χ4n) is 2.46. The number of carboxylic acids is 2. The number of hydrogen-bond donors (Lipinski definition) is 7. The number of aliphatic hydroxyl groups is 3. The maximum Gasteiger partial charge on any atom is 0.326 e. The Bertz CT molecular complexity index is 706. The molecule has 0 spiro atoms. The summed E-state index contributed by atoms with van der Waals surface area (Å²) in [4.78, 5) is 37.5. The van der Waals surface area contributed by atoms with Crippen molar-refractivity contribution in [1.29, 1.82) is 0 Å². The second-order valence-electron chi connectivity index (χ2n) is 5.58. The number of carbonyl (C=O) groups excluding carboxylic acids is 1. The predicted octanol–water partition coefficient (Wildman–Crippen LogP) is -3.27. The number of aromatic nitrogens is 2. The number of aliphatic hydroxyl groups excluding tert-OH is 3. The second-order valence-corrected chi connectivity index (χ2v) is 5.58. The number of nitrogens with zero attached hydrogens (tertiary/aromatic N) is 2. The van der Waals surface area contributed by atoms with Gasteiger partial charge in [-0.3, -0.25) is 14.2 Å². The van der Waals surface area contributed by atoms with Crippen molar-refractivity contribution < 1.29 is 44.7 Å². The number of rotatable bonds is 7. The smallest absolute Gasteiger partial charge is 0.326 e. The number of imidazole rings is 1. The van der Waals surface area contributed by atoms with Gasteiger partial charge in [-0.15, -0.1) is 0 Å². The first-order valence-electron chi connectivity index (χ1n) is 7.37. The molecule has 144 valence electrons. The molecule has 2 rings (SSSR count). The number of ether oxygens (including phenoxy) is 1. The van der Waals surface area contributed by atoms with E-state index >= 15 is 0 Å². The SMILES string of the molecule is Nc1c(C(=O)N[C@@H](CC(=O)O)C(=O)O)ncn1[C@@H]1O[C@@H](CO)[C@@H](O)[C@H]1O. The summed E-state index contributed by atoms with van der Waals surface area (Å²) in [7, 11) is 0. The van der Waals surface area contributed by atoms with Gasteiger partial charge in [0.1, 0.15) is 30.2 Å². The maximum absolute atomic E-state index is 12.1. The van der Waals surface area contributed by atoms with Gasteiger partial charge in [0.05, 0.1) is 19.4 Å². The first-order valence-corrected chi connectivity index (χ1v) is 7.37. The minimum atomic E-state index is -1.70. The van der Waals surface area contributed by atoms with Crippen LogP contribution < -0.4 is 11.1 Å². The number of hydrogen-bond acceptors (Lipinski definition) is 9. The Morgan fingerprint density at radius 1 is 1.31 bits per heavy atom. The number of nitrogens with one attached hydrogen (secondary N) is 1. The molecule has 1 amide bonds. The van der Waals surface area contributed by atoms with Crippen LogP contribution in [0.1, 0.15) is 23.1 Å². The normalized spacial score (nSPS) is 26.4. The minimum Gasteiger partial charge on any atom is -0.481 e. The van der Waals surface area contributed by atoms with E-state index in [0.717, 1.165) is 10.9 Å². The second kappa shape index (κ2) is 7.65. The zero-order chi connectivity index (χ0) is 19.6. The van der Waals surface area contributed by atoms with Crippen LogP contribution in [0.25, 0.3) is 0 Å². The highest BCUT2D eigenvalue weighted by molar-refractivity contribution is 5.99. The summed E-state index contributed by atoms with van der Waals surface area (Å²) in [5, 5.41) is 48.4. The van der Waals surface area contributed by atoms with Crippen LogP contribution in [0, 0.1) is 0 Å². The van der Waals surface area contributed by atoms with Crippen molar-refractivity contribution >= 4 is 23.7 Å². The fraction of sp³-hybridized carbons (Fsp3) is 0.538. The van der Waals surface area contributed by atoms with E-state index in [2.05, 4.69) is 4.98 Å². The number of carboxylic acid groups (broad SMARTS) is 2. The Labute approximate surface area is 145 Å². The van der Waals surface area contributed by atoms with Gasteiger partial charge in [0.2, 0.25) is 0 Å². The lowest BCUT2D eigenvalue weighted by molar-refractivity contribution is -0.145. The van der Waals surface area contributed by atoms with Crippen LogP contribution in [0.5, 0.6) is 0 Å². The van der Waals surface area contributed by atoms with Crippen molar-refractivity contribution in [2.75, 3.05) is 12.3 Å². The highest BCUT2D eigenvalue weighted by Gasteiger charge is 2.44. The van der Waals surface area contributed by atoms with Gasteiger partial charge in [-0.1, -0.05) is 0 Å². The molecule has 5 atom stereocenters. The standard InChI is InChI=1S/C13H18N4O9/c14-10-7(11(23)16-4(13(24)25)1-6(19)20)15-3-17(10)12-9(22)8(21)5(2-18)26-12/h3-5,8-9,12,18,21-22H,1-2,14H2,(H,16,23)(H,19,20)(H,24,25)/t4-,5-,8+,9+,12+/m0/s1. The van der Waals surface area contributed by atoms with Crippen molar-refractivity contribution in [1.82, 2.24) is 14.9 Å². The summed E-state index contributed by atoms with van der Waals surface area (Å²) in [6, 6.07) is -1.70. The minimum absolute atomic E-state index is 0.309. The Morgan fingerprint density at radius 3 is 2.46 bits per heavy atom. The van der Waals surface area contributed by atoms with Crippen molar-refractivity contribution in [2.45, 2.75) is 37.0 Å². The summed E-state index contributed by atoms with van der Waals surface area (Å²) in [6.07, 6.45) is -4.98. The molecule has 1 aliphatic rings. The van der Waals surface area contributed by atoms with Crippen LogP contribution in [-0.4, -0.2) is 83.9 Å². The number of amides is 1. The lowest BCUT2D eigenvalue weighted by atomic mass is 10.1. The third kappa shape index (κ3) is 3.75. The molecular weight excluding hydrogens is 356 g/mol. The molecule has 1 aromatic heterocycles. The number of anilines is 1. The Morgan fingerprint density at radius 2 is 1.96 bits per heavy atom. The Balaban J connectivity index is 2.19. The molecule has 0 radical (unpaired) electrons. The van der Waals surface area contributed by atoms with Crippen molar-refractivity contribution in [2.24, 2.45) is 0 Å². The first-order chi connectivity index (χ1) is 12.2. The van der Waals surface area contributed by atoms with Gasteiger partial charge in [-0.2, -0.15) is 0 Å². The topological polar surface area (TPSA) is 217 Å². The summed E-state index contributed by atoms with van der Waals surface area (Å²) in [5.74, 6) is -4.33. The number of nitrogen functional groups attached to an aromatic ring is 1. The Kier molecular flexibility index (Phi) is 5.76. The van der Waals surface area contributed by atoms with Gasteiger partial charge < -0.3 is 41.3 Å². The van der Waals surface area contributed by atoms with E-state index in [0.29, 0.717) is 0 Å². The van der Waals surface area contributed by atoms with Crippen molar-refractivity contribution in [3.63, 3.8) is 0 Å². The molecule has 0 saturated carbocycles. The monoisotopic (exact) mass is 374 g/mol. The van der Waals surface area contributed by atoms with Gasteiger partial charge in [0, 0.05) is 0 Å². The van der Waals surface area contributed by atoms with Gasteiger partial charge in [-0.05, 0) is 0 Å². The summed E-state index contributed by atoms with van der Waals surface area (Å²) < 4.78 is 6.29. The average molecular weight is 374 g/mol. The lowest BCUT2D eigenvalue weighted by Gasteiger charge is -2.17. The molecule has 0 unspecified atom stereocenters. The van der Waals surface area contributed by atoms with E-state index in [-0.39, 0.29) is 5.82 Å². The molecule has 1 saturated heterocycles. The van der Waals surface area contributed by atoms with Crippen LogP contribution in [-0.2, 0) is 14.3 Å². The molecule has 0 bridgehead atoms. The van der Waals surface area contributed by atoms with Gasteiger partial charge in [0.15, 0.2) is 11.9 Å². The molecule has 1 fully saturated rings. The lowest BCUT2D eigenvalue weighted by Crippen LogP contribution is -2.42. The van der Waals surface area contributed by atoms with Crippen LogP contribution in [0.4, 0.5) is 5.82 Å². The molecule has 1 aliphatic heterocycles. The van der Waals surface area contributed by atoms with Gasteiger partial charge in [0.25, 0.3) is 5.91 Å². The third-order valence-electron chi connectivity index (χ3n) is 3.82. The molecule has 0 aromatic carbocycles. The van der Waals surface area contributed by atoms with Crippen LogP contribution in [0.15, 0.2) is 6.33 Å². The van der Waals surface area contributed by atoms with Gasteiger partial charge in [-0.25, -0.2) is 9.78 Å². The largest absolute Gasteiger partial charge is 0.481 e. The Hall–Kier alpha value is -2.74. The molecule has 0 aliphatic carbocycles. The van der Waals surface area contributed by atoms with Crippen LogP contribution >= 0.6 is 0 Å². The molecule has 13 heteroatoms. The molecule has 2 heterocycles. The van der Waals surface area contributed by atoms with Gasteiger partial charge >= 0.3 is 11.9 Å². The molecule has 1 aromatic rings. The third-order valence-corrected chi connectivity index (χ3v) is 3.82. The van der Waals surface area contributed by atoms with Crippen molar-refractivity contribution in [3.05, 3.63) is 12.0 Å². The summed E-state index contributed by atoms with van der Waals surface area (Å²) in [6.45, 7) is -0.563. The maximum atomic E-state index is 12.1. The quantitative estimate of drug-likeness (QED) is 0.251. The van der Waals surface area contributed by atoms with E-state index in [4.69, 9.17) is 25.8 Å². The predicted molar refractivity (Wildman–Crippen MR) is 80.8 cm³/mol. The van der Waals surface area contributed by atoms with E-state index in [9.17, 15) is 24.6 Å².